The van der Waals surface area contributed by atoms with Crippen molar-refractivity contribution in [2.75, 3.05) is 20.3 Å². The number of aliphatic hydroxyl groups is 1. The van der Waals surface area contributed by atoms with Crippen molar-refractivity contribution in [1.82, 2.24) is 4.90 Å². The second kappa shape index (κ2) is 7.49. The van der Waals surface area contributed by atoms with E-state index in [1.165, 1.54) is 18.4 Å². The lowest BCUT2D eigenvalue weighted by molar-refractivity contribution is 0.106. The number of hydrogen-bond acceptors (Lipinski definition) is 3. The molecule has 1 heterocycles. The molecule has 1 aromatic carbocycles. The Morgan fingerprint density at radius 3 is 2.90 bits per heavy atom. The van der Waals surface area contributed by atoms with Gasteiger partial charge >= 0.3 is 0 Å². The van der Waals surface area contributed by atoms with Gasteiger partial charge in [0.15, 0.2) is 0 Å². The first-order chi connectivity index (χ1) is 10.2. The summed E-state index contributed by atoms with van der Waals surface area (Å²) >= 11 is 0. The minimum atomic E-state index is -0.131. The van der Waals surface area contributed by atoms with Crippen molar-refractivity contribution >= 4 is 0 Å². The molecule has 0 bridgehead atoms. The molecule has 0 amide bonds. The van der Waals surface area contributed by atoms with Crippen molar-refractivity contribution in [2.45, 2.75) is 39.3 Å². The summed E-state index contributed by atoms with van der Waals surface area (Å²) < 4.78 is 5.33. The van der Waals surface area contributed by atoms with Gasteiger partial charge in [0.25, 0.3) is 0 Å². The minimum Gasteiger partial charge on any atom is -0.495 e. The van der Waals surface area contributed by atoms with Crippen LogP contribution in [0.15, 0.2) is 18.2 Å². The SMILES string of the molecule is COc1ccc(CN2CCCC(C)C2C)cc1C#CCO. The summed E-state index contributed by atoms with van der Waals surface area (Å²) in [6, 6.07) is 6.77. The van der Waals surface area contributed by atoms with E-state index in [1.807, 2.05) is 6.07 Å². The summed E-state index contributed by atoms with van der Waals surface area (Å²) in [5.74, 6) is 7.18. The first-order valence-corrected chi connectivity index (χ1v) is 7.66. The van der Waals surface area contributed by atoms with Gasteiger partial charge in [-0.15, -0.1) is 0 Å². The molecule has 1 N–H and O–H groups in total. The highest BCUT2D eigenvalue weighted by Gasteiger charge is 2.24. The Morgan fingerprint density at radius 2 is 2.19 bits per heavy atom. The van der Waals surface area contributed by atoms with Gasteiger partial charge in [-0.2, -0.15) is 0 Å². The molecule has 21 heavy (non-hydrogen) atoms. The van der Waals surface area contributed by atoms with Crippen molar-refractivity contribution < 1.29 is 9.84 Å². The zero-order chi connectivity index (χ0) is 15.2. The van der Waals surface area contributed by atoms with Gasteiger partial charge in [0.05, 0.1) is 12.7 Å². The number of piperidine rings is 1. The first-order valence-electron chi connectivity index (χ1n) is 7.66. The molecule has 0 saturated carbocycles. The topological polar surface area (TPSA) is 32.7 Å². The molecule has 2 unspecified atom stereocenters. The van der Waals surface area contributed by atoms with Crippen molar-refractivity contribution in [1.29, 1.82) is 0 Å². The summed E-state index contributed by atoms with van der Waals surface area (Å²) in [4.78, 5) is 2.54. The van der Waals surface area contributed by atoms with E-state index >= 15 is 0 Å². The highest BCUT2D eigenvalue weighted by molar-refractivity contribution is 5.48. The average molecular weight is 287 g/mol. The third-order valence-corrected chi connectivity index (χ3v) is 4.46. The van der Waals surface area contributed by atoms with Gasteiger partial charge in [0, 0.05) is 12.6 Å². The average Bonchev–Trinajstić information content (AvgIpc) is 2.50. The minimum absolute atomic E-state index is 0.131. The Kier molecular flexibility index (Phi) is 5.67. The molecule has 3 nitrogen and oxygen atoms in total. The lowest BCUT2D eigenvalue weighted by atomic mass is 9.91. The molecule has 2 rings (SSSR count). The molecule has 1 aromatic rings. The van der Waals surface area contributed by atoms with Gasteiger partial charge in [-0.05, 0) is 49.9 Å². The largest absolute Gasteiger partial charge is 0.495 e. The van der Waals surface area contributed by atoms with Crippen molar-refractivity contribution in [3.05, 3.63) is 29.3 Å². The summed E-state index contributed by atoms with van der Waals surface area (Å²) in [6.07, 6.45) is 2.60. The molecule has 1 aliphatic rings. The Hall–Kier alpha value is -1.50. The molecule has 1 aliphatic heterocycles. The second-order valence-electron chi connectivity index (χ2n) is 5.83. The van der Waals surface area contributed by atoms with Gasteiger partial charge in [-0.25, -0.2) is 0 Å². The number of ether oxygens (including phenoxy) is 1. The number of aliphatic hydroxyl groups excluding tert-OH is 1. The standard InChI is InChI=1S/C18H25NO2/c1-14-6-4-10-19(15(14)2)13-16-8-9-18(21-3)17(12-16)7-5-11-20/h8-9,12,14-15,20H,4,6,10-11,13H2,1-3H3. The Balaban J connectivity index is 2.16. The van der Waals surface area contributed by atoms with E-state index in [0.717, 1.165) is 30.3 Å². The van der Waals surface area contributed by atoms with Gasteiger partial charge in [0.1, 0.15) is 12.4 Å². The van der Waals surface area contributed by atoms with Crippen LogP contribution in [0.25, 0.3) is 0 Å². The number of benzene rings is 1. The zero-order valence-corrected chi connectivity index (χ0v) is 13.2. The number of hydrogen-bond donors (Lipinski definition) is 1. The summed E-state index contributed by atoms with van der Waals surface area (Å²) in [6.45, 7) is 6.63. The molecule has 0 spiro atoms. The van der Waals surface area contributed by atoms with Crippen molar-refractivity contribution in [3.8, 4) is 17.6 Å². The molecular formula is C18H25NO2. The quantitative estimate of drug-likeness (QED) is 0.868. The van der Waals surface area contributed by atoms with Crippen LogP contribution in [-0.4, -0.2) is 36.3 Å². The number of methoxy groups -OCH3 is 1. The Labute approximate surface area is 127 Å². The maximum absolute atomic E-state index is 8.86. The second-order valence-corrected chi connectivity index (χ2v) is 5.83. The van der Waals surface area contributed by atoms with E-state index in [0.29, 0.717) is 6.04 Å². The fraction of sp³-hybridized carbons (Fsp3) is 0.556. The van der Waals surface area contributed by atoms with Crippen LogP contribution in [0.1, 0.15) is 37.8 Å². The monoisotopic (exact) mass is 287 g/mol. The van der Waals surface area contributed by atoms with Crippen LogP contribution in [0.5, 0.6) is 5.75 Å². The van der Waals surface area contributed by atoms with Crippen molar-refractivity contribution in [2.24, 2.45) is 5.92 Å². The third kappa shape index (κ3) is 4.00. The van der Waals surface area contributed by atoms with E-state index in [1.54, 1.807) is 7.11 Å². The van der Waals surface area contributed by atoms with Crippen LogP contribution in [0.3, 0.4) is 0 Å². The summed E-state index contributed by atoms with van der Waals surface area (Å²) in [5, 5.41) is 8.86. The van der Waals surface area contributed by atoms with E-state index < -0.39 is 0 Å². The Bertz CT molecular complexity index is 530. The molecule has 3 heteroatoms. The van der Waals surface area contributed by atoms with Crippen LogP contribution in [0, 0.1) is 17.8 Å². The maximum Gasteiger partial charge on any atom is 0.134 e. The maximum atomic E-state index is 8.86. The van der Waals surface area contributed by atoms with Gasteiger partial charge in [-0.3, -0.25) is 4.90 Å². The van der Waals surface area contributed by atoms with Crippen LogP contribution in [-0.2, 0) is 6.54 Å². The smallest absolute Gasteiger partial charge is 0.134 e. The fourth-order valence-electron chi connectivity index (χ4n) is 2.96. The summed E-state index contributed by atoms with van der Waals surface area (Å²) in [5.41, 5.74) is 2.10. The highest BCUT2D eigenvalue weighted by Crippen LogP contribution is 2.26. The van der Waals surface area contributed by atoms with E-state index in [9.17, 15) is 0 Å². The highest BCUT2D eigenvalue weighted by atomic mass is 16.5. The lowest BCUT2D eigenvalue weighted by Crippen LogP contribution is -2.41. The number of likely N-dealkylation sites (tertiary alicyclic amines) is 1. The van der Waals surface area contributed by atoms with Gasteiger partial charge in [0.2, 0.25) is 0 Å². The Morgan fingerprint density at radius 1 is 1.38 bits per heavy atom. The predicted octanol–water partition coefficient (Wildman–Crippen LogP) is 2.66. The van der Waals surface area contributed by atoms with Crippen LogP contribution >= 0.6 is 0 Å². The normalized spacial score (nSPS) is 22.5. The van der Waals surface area contributed by atoms with Gasteiger partial charge in [-0.1, -0.05) is 24.8 Å². The molecular weight excluding hydrogens is 262 g/mol. The van der Waals surface area contributed by atoms with E-state index in [-0.39, 0.29) is 6.61 Å². The van der Waals surface area contributed by atoms with Crippen LogP contribution in [0.2, 0.25) is 0 Å². The molecule has 1 saturated heterocycles. The number of nitrogens with zero attached hydrogens (tertiary/aromatic N) is 1. The lowest BCUT2D eigenvalue weighted by Gasteiger charge is -2.38. The van der Waals surface area contributed by atoms with Crippen LogP contribution < -0.4 is 4.74 Å². The van der Waals surface area contributed by atoms with E-state index in [2.05, 4.69) is 42.7 Å². The number of rotatable bonds is 3. The fourth-order valence-corrected chi connectivity index (χ4v) is 2.96. The molecule has 0 aliphatic carbocycles. The molecule has 0 aromatic heterocycles. The first kappa shape index (κ1) is 15.9. The molecule has 1 fully saturated rings. The van der Waals surface area contributed by atoms with Crippen LogP contribution in [0.4, 0.5) is 0 Å². The summed E-state index contributed by atoms with van der Waals surface area (Å²) in [7, 11) is 1.65. The van der Waals surface area contributed by atoms with Crippen molar-refractivity contribution in [3.63, 3.8) is 0 Å². The molecule has 0 radical (unpaired) electrons. The predicted molar refractivity (Wildman–Crippen MR) is 85.2 cm³/mol. The zero-order valence-electron chi connectivity index (χ0n) is 13.2. The van der Waals surface area contributed by atoms with Gasteiger partial charge < -0.3 is 9.84 Å². The molecule has 114 valence electrons. The van der Waals surface area contributed by atoms with E-state index in [4.69, 9.17) is 9.84 Å². The molecule has 2 atom stereocenters. The third-order valence-electron chi connectivity index (χ3n) is 4.46.